The molecule has 0 saturated carbocycles. The lowest BCUT2D eigenvalue weighted by molar-refractivity contribution is -0.112. The molecule has 138 valence electrons. The van der Waals surface area contributed by atoms with Crippen LogP contribution in [-0.2, 0) is 11.4 Å². The van der Waals surface area contributed by atoms with Gasteiger partial charge in [0, 0.05) is 15.8 Å². The molecule has 0 atom stereocenters. The van der Waals surface area contributed by atoms with E-state index in [2.05, 4.69) is 4.98 Å². The van der Waals surface area contributed by atoms with E-state index < -0.39 is 5.91 Å². The Bertz CT molecular complexity index is 1130. The second-order valence-electron chi connectivity index (χ2n) is 6.25. The number of carbonyl (C=O) groups is 1. The van der Waals surface area contributed by atoms with Gasteiger partial charge < -0.3 is 10.5 Å². The Morgan fingerprint density at radius 3 is 2.57 bits per heavy atom. The van der Waals surface area contributed by atoms with Gasteiger partial charge in [0.1, 0.15) is 12.4 Å². The molecular weight excluding hydrogens is 368 g/mol. The van der Waals surface area contributed by atoms with E-state index in [1.54, 1.807) is 11.3 Å². The van der Waals surface area contributed by atoms with Gasteiger partial charge >= 0.3 is 0 Å². The number of ether oxygens (including phenoxy) is 1. The highest BCUT2D eigenvalue weighted by Crippen LogP contribution is 2.23. The third kappa shape index (κ3) is 4.10. The standard InChI is InChI=1S/C23H18N2O2S/c24-23(26)21(14-20-5-3-13-28-20)16-8-11-19(12-9-16)27-15-18-10-7-17-4-1-2-6-22(17)25-18/h1-14H,15H2,(H2,24,26). The number of pyridine rings is 1. The van der Waals surface area contributed by atoms with Gasteiger partial charge in [-0.1, -0.05) is 42.5 Å². The molecule has 28 heavy (non-hydrogen) atoms. The largest absolute Gasteiger partial charge is 0.487 e. The van der Waals surface area contributed by atoms with Gasteiger partial charge in [0.15, 0.2) is 0 Å². The summed E-state index contributed by atoms with van der Waals surface area (Å²) < 4.78 is 5.85. The van der Waals surface area contributed by atoms with Crippen LogP contribution in [0.2, 0.25) is 0 Å². The van der Waals surface area contributed by atoms with Gasteiger partial charge in [0.2, 0.25) is 5.91 Å². The topological polar surface area (TPSA) is 65.2 Å². The molecule has 0 aliphatic carbocycles. The van der Waals surface area contributed by atoms with E-state index in [1.165, 1.54) is 0 Å². The Labute approximate surface area is 166 Å². The number of hydrogen-bond acceptors (Lipinski definition) is 4. The minimum Gasteiger partial charge on any atom is -0.487 e. The Hall–Kier alpha value is -3.44. The molecule has 0 aliphatic heterocycles. The molecule has 4 rings (SSSR count). The van der Waals surface area contributed by atoms with Gasteiger partial charge in [-0.15, -0.1) is 11.3 Å². The number of nitrogens with two attached hydrogens (primary N) is 1. The second kappa shape index (κ2) is 8.06. The number of rotatable bonds is 6. The zero-order chi connectivity index (χ0) is 19.3. The van der Waals surface area contributed by atoms with Crippen molar-refractivity contribution in [1.82, 2.24) is 4.98 Å². The molecule has 0 fully saturated rings. The number of amides is 1. The Balaban J connectivity index is 1.48. The summed E-state index contributed by atoms with van der Waals surface area (Å²) in [5, 5.41) is 3.06. The molecule has 2 N–H and O–H groups in total. The normalized spacial score (nSPS) is 11.5. The van der Waals surface area contributed by atoms with Gasteiger partial charge in [-0.05, 0) is 47.4 Å². The number of thiophene rings is 1. The predicted molar refractivity (Wildman–Crippen MR) is 114 cm³/mol. The first kappa shape index (κ1) is 17.9. The first-order valence-electron chi connectivity index (χ1n) is 8.82. The highest BCUT2D eigenvalue weighted by atomic mass is 32.1. The smallest absolute Gasteiger partial charge is 0.249 e. The summed E-state index contributed by atoms with van der Waals surface area (Å²) in [5.41, 5.74) is 8.61. The zero-order valence-corrected chi connectivity index (χ0v) is 15.9. The molecule has 4 nitrogen and oxygen atoms in total. The first-order chi connectivity index (χ1) is 13.7. The molecule has 0 radical (unpaired) electrons. The van der Waals surface area contributed by atoms with Crippen LogP contribution in [0.4, 0.5) is 0 Å². The lowest BCUT2D eigenvalue weighted by Crippen LogP contribution is -2.12. The van der Waals surface area contributed by atoms with Crippen LogP contribution in [0.15, 0.2) is 78.2 Å². The lowest BCUT2D eigenvalue weighted by Gasteiger charge is -2.08. The Morgan fingerprint density at radius 1 is 1.00 bits per heavy atom. The van der Waals surface area contributed by atoms with Gasteiger partial charge in [-0.2, -0.15) is 0 Å². The van der Waals surface area contributed by atoms with E-state index in [9.17, 15) is 4.79 Å². The molecule has 1 amide bonds. The van der Waals surface area contributed by atoms with Crippen LogP contribution in [-0.4, -0.2) is 10.9 Å². The number of carbonyl (C=O) groups excluding carboxylic acids is 1. The maximum Gasteiger partial charge on any atom is 0.249 e. The number of para-hydroxylation sites is 1. The van der Waals surface area contributed by atoms with Crippen molar-refractivity contribution in [3.05, 3.63) is 94.3 Å². The minimum atomic E-state index is -0.456. The number of aromatic nitrogens is 1. The molecule has 5 heteroatoms. The maximum atomic E-state index is 11.8. The molecule has 2 heterocycles. The highest BCUT2D eigenvalue weighted by Gasteiger charge is 2.09. The van der Waals surface area contributed by atoms with Crippen LogP contribution < -0.4 is 10.5 Å². The van der Waals surface area contributed by atoms with Crippen LogP contribution in [0.5, 0.6) is 5.75 Å². The van der Waals surface area contributed by atoms with Crippen LogP contribution >= 0.6 is 11.3 Å². The van der Waals surface area contributed by atoms with Crippen molar-refractivity contribution >= 4 is 39.8 Å². The fourth-order valence-electron chi connectivity index (χ4n) is 2.89. The van der Waals surface area contributed by atoms with Crippen molar-refractivity contribution in [2.75, 3.05) is 0 Å². The van der Waals surface area contributed by atoms with E-state index in [0.29, 0.717) is 17.9 Å². The van der Waals surface area contributed by atoms with Gasteiger partial charge in [-0.3, -0.25) is 4.79 Å². The second-order valence-corrected chi connectivity index (χ2v) is 7.23. The Kier molecular flexibility index (Phi) is 5.17. The summed E-state index contributed by atoms with van der Waals surface area (Å²) in [4.78, 5) is 17.4. The number of primary amides is 1. The summed E-state index contributed by atoms with van der Waals surface area (Å²) in [5.74, 6) is 0.251. The summed E-state index contributed by atoms with van der Waals surface area (Å²) >= 11 is 1.56. The van der Waals surface area contributed by atoms with Gasteiger partial charge in [0.05, 0.1) is 11.2 Å². The fourth-order valence-corrected chi connectivity index (χ4v) is 3.55. The predicted octanol–water partition coefficient (Wildman–Crippen LogP) is 4.90. The van der Waals surface area contributed by atoms with E-state index in [-0.39, 0.29) is 0 Å². The molecule has 4 aromatic rings. The molecule has 0 aliphatic rings. The molecule has 2 aromatic heterocycles. The van der Waals surface area contributed by atoms with Crippen LogP contribution in [0, 0.1) is 0 Å². The summed E-state index contributed by atoms with van der Waals surface area (Å²) in [6.07, 6.45) is 1.81. The highest BCUT2D eigenvalue weighted by molar-refractivity contribution is 7.11. The van der Waals surface area contributed by atoms with E-state index in [4.69, 9.17) is 10.5 Å². The van der Waals surface area contributed by atoms with E-state index >= 15 is 0 Å². The summed E-state index contributed by atoms with van der Waals surface area (Å²) in [7, 11) is 0. The molecule has 0 saturated heterocycles. The average molecular weight is 386 g/mol. The van der Waals surface area contributed by atoms with Crippen molar-refractivity contribution in [2.24, 2.45) is 5.73 Å². The number of fused-ring (bicyclic) bond motifs is 1. The maximum absolute atomic E-state index is 11.8. The van der Waals surface area contributed by atoms with Crippen molar-refractivity contribution < 1.29 is 9.53 Å². The van der Waals surface area contributed by atoms with E-state index in [1.807, 2.05) is 84.3 Å². The quantitative estimate of drug-likeness (QED) is 0.479. The van der Waals surface area contributed by atoms with Crippen molar-refractivity contribution in [3.63, 3.8) is 0 Å². The third-order valence-electron chi connectivity index (χ3n) is 4.30. The number of nitrogens with zero attached hydrogens (tertiary/aromatic N) is 1. The average Bonchev–Trinajstić information content (AvgIpc) is 3.24. The first-order valence-corrected chi connectivity index (χ1v) is 9.70. The molecule has 0 spiro atoms. The number of hydrogen-bond donors (Lipinski definition) is 1. The molecule has 0 unspecified atom stereocenters. The van der Waals surface area contributed by atoms with Crippen molar-refractivity contribution in [2.45, 2.75) is 6.61 Å². The molecule has 2 aromatic carbocycles. The molecule has 0 bridgehead atoms. The fraction of sp³-hybridized carbons (Fsp3) is 0.0435. The van der Waals surface area contributed by atoms with Crippen LogP contribution in [0.25, 0.3) is 22.6 Å². The lowest BCUT2D eigenvalue weighted by atomic mass is 10.0. The zero-order valence-electron chi connectivity index (χ0n) is 15.0. The van der Waals surface area contributed by atoms with Crippen molar-refractivity contribution in [3.8, 4) is 5.75 Å². The SMILES string of the molecule is NC(=O)C(=Cc1cccs1)c1ccc(OCc2ccc3ccccc3n2)cc1. The van der Waals surface area contributed by atoms with Crippen LogP contribution in [0.3, 0.4) is 0 Å². The Morgan fingerprint density at radius 2 is 1.82 bits per heavy atom. The van der Waals surface area contributed by atoms with Crippen LogP contribution in [0.1, 0.15) is 16.1 Å². The monoisotopic (exact) mass is 386 g/mol. The minimum absolute atomic E-state index is 0.373. The van der Waals surface area contributed by atoms with Gasteiger partial charge in [0.25, 0.3) is 0 Å². The van der Waals surface area contributed by atoms with Gasteiger partial charge in [-0.25, -0.2) is 4.98 Å². The molecular formula is C23H18N2O2S. The third-order valence-corrected chi connectivity index (χ3v) is 5.12. The summed E-state index contributed by atoms with van der Waals surface area (Å²) in [6.45, 7) is 0.373. The number of benzene rings is 2. The van der Waals surface area contributed by atoms with E-state index in [0.717, 1.165) is 27.0 Å². The van der Waals surface area contributed by atoms with Crippen molar-refractivity contribution in [1.29, 1.82) is 0 Å². The summed E-state index contributed by atoms with van der Waals surface area (Å²) in [6, 6.07) is 23.2.